The zero-order valence-corrected chi connectivity index (χ0v) is 14.5. The van der Waals surface area contributed by atoms with Gasteiger partial charge in [-0.15, -0.1) is 0 Å². The van der Waals surface area contributed by atoms with Gasteiger partial charge in [-0.3, -0.25) is 9.59 Å². The first-order valence-corrected chi connectivity index (χ1v) is 8.34. The summed E-state index contributed by atoms with van der Waals surface area (Å²) in [5, 5.41) is 17.1. The average molecular weight is 352 g/mol. The molecule has 2 aromatic rings. The van der Waals surface area contributed by atoms with Crippen molar-refractivity contribution < 1.29 is 14.7 Å². The predicted molar refractivity (Wildman–Crippen MR) is 97.5 cm³/mol. The van der Waals surface area contributed by atoms with Crippen LogP contribution in [0.25, 0.3) is 0 Å². The number of benzene rings is 1. The molecule has 26 heavy (non-hydrogen) atoms. The number of aliphatic hydroxyl groups is 1. The topological polar surface area (TPSA) is 94.9 Å². The Morgan fingerprint density at radius 2 is 2.00 bits per heavy atom. The van der Waals surface area contributed by atoms with Crippen LogP contribution in [0, 0.1) is 0 Å². The molecule has 7 heteroatoms. The fourth-order valence-electron chi connectivity index (χ4n) is 2.70. The summed E-state index contributed by atoms with van der Waals surface area (Å²) in [6.45, 7) is 0.0156. The summed E-state index contributed by atoms with van der Waals surface area (Å²) in [5.41, 5.74) is 3.27. The second-order valence-electron chi connectivity index (χ2n) is 6.12. The lowest BCUT2D eigenvalue weighted by Gasteiger charge is -2.18. The van der Waals surface area contributed by atoms with Gasteiger partial charge in [0.25, 0.3) is 5.91 Å². The molecular formula is C19H20N4O3. The molecular weight excluding hydrogens is 332 g/mol. The van der Waals surface area contributed by atoms with Crippen molar-refractivity contribution >= 4 is 23.3 Å². The maximum Gasteiger partial charge on any atom is 0.273 e. The van der Waals surface area contributed by atoms with E-state index in [0.29, 0.717) is 24.4 Å². The van der Waals surface area contributed by atoms with Crippen molar-refractivity contribution in [2.45, 2.75) is 25.9 Å². The maximum atomic E-state index is 12.2. The van der Waals surface area contributed by atoms with E-state index in [1.165, 1.54) is 12.1 Å². The third-order valence-corrected chi connectivity index (χ3v) is 4.12. The summed E-state index contributed by atoms with van der Waals surface area (Å²) < 4.78 is 0. The Labute approximate surface area is 151 Å². The number of nitrogens with zero attached hydrogens (tertiary/aromatic N) is 3. The number of hydrogen-bond acceptors (Lipinski definition) is 5. The molecule has 0 radical (unpaired) electrons. The number of nitrogens with one attached hydrogen (secondary N) is 1. The molecule has 0 bridgehead atoms. The van der Waals surface area contributed by atoms with Crippen molar-refractivity contribution in [3.8, 4) is 0 Å². The summed E-state index contributed by atoms with van der Waals surface area (Å²) in [6.07, 6.45) is 3.00. The minimum Gasteiger partial charge on any atom is -0.392 e. The first-order valence-electron chi connectivity index (χ1n) is 8.34. The van der Waals surface area contributed by atoms with E-state index in [9.17, 15) is 14.7 Å². The summed E-state index contributed by atoms with van der Waals surface area (Å²) in [6, 6.07) is 11.4. The second kappa shape index (κ2) is 7.88. The molecule has 134 valence electrons. The molecule has 1 aromatic carbocycles. The zero-order chi connectivity index (χ0) is 18.5. The van der Waals surface area contributed by atoms with Crippen LogP contribution in [0.4, 0.5) is 5.82 Å². The summed E-state index contributed by atoms with van der Waals surface area (Å²) in [4.78, 5) is 27.9. The molecule has 0 saturated carbocycles. The quantitative estimate of drug-likeness (QED) is 0.856. The van der Waals surface area contributed by atoms with Gasteiger partial charge in [-0.1, -0.05) is 30.3 Å². The summed E-state index contributed by atoms with van der Waals surface area (Å²) >= 11 is 0. The number of hydrogen-bond donors (Lipinski definition) is 2. The van der Waals surface area contributed by atoms with E-state index in [4.69, 9.17) is 0 Å². The van der Waals surface area contributed by atoms with Crippen molar-refractivity contribution in [2.24, 2.45) is 5.10 Å². The van der Waals surface area contributed by atoms with Gasteiger partial charge >= 0.3 is 0 Å². The molecule has 0 atom stereocenters. The van der Waals surface area contributed by atoms with Crippen molar-refractivity contribution in [2.75, 3.05) is 12.4 Å². The number of aliphatic hydroxyl groups excluding tert-OH is 1. The molecule has 1 aromatic heterocycles. The van der Waals surface area contributed by atoms with Crippen LogP contribution in [0.15, 0.2) is 47.7 Å². The van der Waals surface area contributed by atoms with E-state index in [-0.39, 0.29) is 24.8 Å². The smallest absolute Gasteiger partial charge is 0.273 e. The molecule has 0 aliphatic carbocycles. The van der Waals surface area contributed by atoms with Crippen LogP contribution in [-0.4, -0.2) is 39.7 Å². The van der Waals surface area contributed by atoms with Gasteiger partial charge in [-0.05, 0) is 29.2 Å². The highest BCUT2D eigenvalue weighted by molar-refractivity contribution is 6.43. The standard InChI is InChI=1S/C19H20N4O3/c1-23-18(25)8-6-16(22-23)19(26)21-17-7-5-14(11-20-17)9-13-3-2-4-15(10-13)12-24/h2-5,7,10-11,24H,6,8-9,12H2,1H3,(H,20,21,26). The van der Waals surface area contributed by atoms with Crippen LogP contribution in [0.5, 0.6) is 0 Å². The lowest BCUT2D eigenvalue weighted by Crippen LogP contribution is -2.34. The maximum absolute atomic E-state index is 12.2. The largest absolute Gasteiger partial charge is 0.392 e. The van der Waals surface area contributed by atoms with Gasteiger partial charge in [0.1, 0.15) is 11.5 Å². The molecule has 1 aliphatic rings. The summed E-state index contributed by atoms with van der Waals surface area (Å²) in [7, 11) is 1.54. The predicted octanol–water partition coefficient (Wildman–Crippen LogP) is 1.71. The number of anilines is 1. The van der Waals surface area contributed by atoms with Crippen molar-refractivity contribution in [1.82, 2.24) is 9.99 Å². The van der Waals surface area contributed by atoms with Crippen LogP contribution in [0.2, 0.25) is 0 Å². The Balaban J connectivity index is 1.63. The highest BCUT2D eigenvalue weighted by Gasteiger charge is 2.22. The van der Waals surface area contributed by atoms with Crippen molar-refractivity contribution in [3.05, 3.63) is 59.3 Å². The molecule has 0 spiro atoms. The summed E-state index contributed by atoms with van der Waals surface area (Å²) in [5.74, 6) is -0.0142. The van der Waals surface area contributed by atoms with Crippen LogP contribution in [0.3, 0.4) is 0 Å². The normalized spacial score (nSPS) is 14.2. The van der Waals surface area contributed by atoms with Crippen molar-refractivity contribution in [1.29, 1.82) is 0 Å². The number of carbonyl (C=O) groups excluding carboxylic acids is 2. The van der Waals surface area contributed by atoms with Crippen LogP contribution >= 0.6 is 0 Å². The Morgan fingerprint density at radius 3 is 2.69 bits per heavy atom. The second-order valence-corrected chi connectivity index (χ2v) is 6.12. The molecule has 1 aliphatic heterocycles. The van der Waals surface area contributed by atoms with Gasteiger partial charge in [0, 0.05) is 26.1 Å². The molecule has 7 nitrogen and oxygen atoms in total. The third-order valence-electron chi connectivity index (χ3n) is 4.12. The number of carbonyl (C=O) groups is 2. The molecule has 3 rings (SSSR count). The number of amides is 2. The Hall–Kier alpha value is -3.06. The zero-order valence-electron chi connectivity index (χ0n) is 14.5. The minimum atomic E-state index is -0.347. The first kappa shape index (κ1) is 17.8. The Bertz CT molecular complexity index is 846. The SMILES string of the molecule is CN1N=C(C(=O)Nc2ccc(Cc3cccc(CO)c3)cn2)CCC1=O. The lowest BCUT2D eigenvalue weighted by atomic mass is 10.0. The van der Waals surface area contributed by atoms with E-state index in [2.05, 4.69) is 15.4 Å². The average Bonchev–Trinajstić information content (AvgIpc) is 2.65. The van der Waals surface area contributed by atoms with E-state index in [0.717, 1.165) is 16.7 Å². The fourth-order valence-corrected chi connectivity index (χ4v) is 2.70. The minimum absolute atomic E-state index is 0.0156. The number of rotatable bonds is 5. The molecule has 2 amide bonds. The first-order chi connectivity index (χ1) is 12.5. The van der Waals surface area contributed by atoms with Gasteiger partial charge in [0.15, 0.2) is 0 Å². The van der Waals surface area contributed by atoms with Gasteiger partial charge < -0.3 is 10.4 Å². The fraction of sp³-hybridized carbons (Fsp3) is 0.263. The Kier molecular flexibility index (Phi) is 5.38. The van der Waals surface area contributed by atoms with Gasteiger partial charge in [-0.2, -0.15) is 5.10 Å². The highest BCUT2D eigenvalue weighted by atomic mass is 16.3. The molecule has 2 heterocycles. The monoisotopic (exact) mass is 352 g/mol. The molecule has 0 unspecified atom stereocenters. The number of pyridine rings is 1. The van der Waals surface area contributed by atoms with Crippen molar-refractivity contribution in [3.63, 3.8) is 0 Å². The van der Waals surface area contributed by atoms with Gasteiger partial charge in [-0.25, -0.2) is 9.99 Å². The highest BCUT2D eigenvalue weighted by Crippen LogP contribution is 2.14. The van der Waals surface area contributed by atoms with Crippen LogP contribution in [-0.2, 0) is 22.6 Å². The van der Waals surface area contributed by atoms with E-state index >= 15 is 0 Å². The Morgan fingerprint density at radius 1 is 1.19 bits per heavy atom. The van der Waals surface area contributed by atoms with Crippen LogP contribution < -0.4 is 5.32 Å². The third kappa shape index (κ3) is 4.31. The molecule has 0 saturated heterocycles. The van der Waals surface area contributed by atoms with E-state index < -0.39 is 0 Å². The van der Waals surface area contributed by atoms with E-state index in [1.807, 2.05) is 30.3 Å². The van der Waals surface area contributed by atoms with Crippen LogP contribution in [0.1, 0.15) is 29.5 Å². The van der Waals surface area contributed by atoms with E-state index in [1.54, 1.807) is 12.3 Å². The number of aromatic nitrogens is 1. The van der Waals surface area contributed by atoms with Gasteiger partial charge in [0.2, 0.25) is 5.91 Å². The molecule has 2 N–H and O–H groups in total. The lowest BCUT2D eigenvalue weighted by molar-refractivity contribution is -0.130. The number of hydrazone groups is 1. The molecule has 0 fully saturated rings. The van der Waals surface area contributed by atoms with Gasteiger partial charge in [0.05, 0.1) is 6.61 Å².